The quantitative estimate of drug-likeness (QED) is 0.673. The summed E-state index contributed by atoms with van der Waals surface area (Å²) in [6.45, 7) is 5.51. The van der Waals surface area contributed by atoms with E-state index in [1.165, 1.54) is 16.7 Å². The molecule has 4 rings (SSSR count). The van der Waals surface area contributed by atoms with E-state index in [1.54, 1.807) is 24.3 Å². The number of carbonyl (C=O) groups is 1. The Labute approximate surface area is 176 Å². The lowest BCUT2D eigenvalue weighted by molar-refractivity contribution is -0.137. The van der Waals surface area contributed by atoms with E-state index in [4.69, 9.17) is 5.73 Å². The molecular weight excluding hydrogens is 407 g/mol. The highest BCUT2D eigenvalue weighted by atomic mass is 19.4. The van der Waals surface area contributed by atoms with Gasteiger partial charge in [-0.05, 0) is 42.2 Å². The molecule has 0 bridgehead atoms. The van der Waals surface area contributed by atoms with E-state index in [-0.39, 0.29) is 27.6 Å². The fourth-order valence-electron chi connectivity index (χ4n) is 4.14. The van der Waals surface area contributed by atoms with Gasteiger partial charge < -0.3 is 15.2 Å². The molecule has 0 radical (unpaired) electrons. The van der Waals surface area contributed by atoms with E-state index in [2.05, 4.69) is 13.8 Å². The van der Waals surface area contributed by atoms with Crippen LogP contribution in [-0.2, 0) is 6.18 Å². The molecular formula is C23H22F3N3O2. The van der Waals surface area contributed by atoms with E-state index in [9.17, 15) is 22.8 Å². The van der Waals surface area contributed by atoms with Crippen LogP contribution in [0.2, 0.25) is 0 Å². The number of nitrogens with zero attached hydrogens (tertiary/aromatic N) is 2. The number of nitrogens with two attached hydrogens (primary N) is 1. The van der Waals surface area contributed by atoms with Crippen LogP contribution in [0.3, 0.4) is 0 Å². The Bertz CT molecular complexity index is 1250. The summed E-state index contributed by atoms with van der Waals surface area (Å²) in [5, 5.41) is 0.122. The SMILES string of the molecule is CC1(C)CCN(c2ccc(-n3cc(C(N)=O)c(=O)c4ccccc43)c(C(F)(F)F)c2)C1. The van der Waals surface area contributed by atoms with E-state index < -0.39 is 23.1 Å². The number of anilines is 1. The van der Waals surface area contributed by atoms with Gasteiger partial charge in [0.05, 0.1) is 16.8 Å². The minimum Gasteiger partial charge on any atom is -0.371 e. The van der Waals surface area contributed by atoms with Crippen molar-refractivity contribution in [2.24, 2.45) is 11.1 Å². The predicted octanol–water partition coefficient (Wildman–Crippen LogP) is 4.34. The van der Waals surface area contributed by atoms with Gasteiger partial charge in [-0.15, -0.1) is 0 Å². The molecule has 1 amide bonds. The molecule has 8 heteroatoms. The molecule has 0 atom stereocenters. The van der Waals surface area contributed by atoms with Gasteiger partial charge >= 0.3 is 6.18 Å². The maximum absolute atomic E-state index is 14.1. The molecule has 5 nitrogen and oxygen atoms in total. The highest BCUT2D eigenvalue weighted by molar-refractivity contribution is 5.96. The molecule has 1 fully saturated rings. The number of halogens is 3. The molecule has 2 aromatic carbocycles. The number of hydrogen-bond acceptors (Lipinski definition) is 3. The summed E-state index contributed by atoms with van der Waals surface area (Å²) in [6, 6.07) is 10.4. The van der Waals surface area contributed by atoms with Crippen LogP contribution >= 0.6 is 0 Å². The lowest BCUT2D eigenvalue weighted by Gasteiger charge is -2.24. The molecule has 2 N–H and O–H groups in total. The number of benzene rings is 2. The van der Waals surface area contributed by atoms with Crippen LogP contribution in [0.1, 0.15) is 36.2 Å². The second kappa shape index (κ2) is 7.14. The van der Waals surface area contributed by atoms with Crippen LogP contribution in [0.5, 0.6) is 0 Å². The zero-order valence-electron chi connectivity index (χ0n) is 17.2. The lowest BCUT2D eigenvalue weighted by atomic mass is 9.93. The molecule has 0 spiro atoms. The third kappa shape index (κ3) is 3.78. The van der Waals surface area contributed by atoms with Crippen molar-refractivity contribution in [1.29, 1.82) is 0 Å². The summed E-state index contributed by atoms with van der Waals surface area (Å²) in [5.74, 6) is -0.992. The maximum atomic E-state index is 14.1. The largest absolute Gasteiger partial charge is 0.418 e. The summed E-state index contributed by atoms with van der Waals surface area (Å²) in [7, 11) is 0. The number of fused-ring (bicyclic) bond motifs is 1. The van der Waals surface area contributed by atoms with Crippen molar-refractivity contribution < 1.29 is 18.0 Å². The molecule has 1 saturated heterocycles. The highest BCUT2D eigenvalue weighted by Crippen LogP contribution is 2.39. The minimum atomic E-state index is -4.64. The summed E-state index contributed by atoms with van der Waals surface area (Å²) in [6.07, 6.45) is -2.66. The molecule has 0 unspecified atom stereocenters. The monoisotopic (exact) mass is 429 g/mol. The van der Waals surface area contributed by atoms with Crippen molar-refractivity contribution in [3.8, 4) is 5.69 Å². The fourth-order valence-corrected chi connectivity index (χ4v) is 4.14. The molecule has 1 aliphatic rings. The number of primary amides is 1. The number of alkyl halides is 3. The Balaban J connectivity index is 1.96. The van der Waals surface area contributed by atoms with Crippen LogP contribution in [-0.4, -0.2) is 23.6 Å². The van der Waals surface area contributed by atoms with Gasteiger partial charge in [0, 0.05) is 30.4 Å². The summed E-state index contributed by atoms with van der Waals surface area (Å²) < 4.78 is 43.5. The van der Waals surface area contributed by atoms with Gasteiger partial charge in [0.2, 0.25) is 5.43 Å². The highest BCUT2D eigenvalue weighted by Gasteiger charge is 2.36. The molecule has 1 aromatic heterocycles. The maximum Gasteiger partial charge on any atom is 0.418 e. The summed E-state index contributed by atoms with van der Waals surface area (Å²) in [4.78, 5) is 26.3. The third-order valence-electron chi connectivity index (χ3n) is 5.76. The lowest BCUT2D eigenvalue weighted by Crippen LogP contribution is -2.25. The average molecular weight is 429 g/mol. The first kappa shape index (κ1) is 21.0. The number of para-hydroxylation sites is 1. The van der Waals surface area contributed by atoms with Crippen LogP contribution < -0.4 is 16.1 Å². The van der Waals surface area contributed by atoms with Gasteiger partial charge in [-0.2, -0.15) is 13.2 Å². The second-order valence-electron chi connectivity index (χ2n) is 8.66. The van der Waals surface area contributed by atoms with Crippen LogP contribution in [0, 0.1) is 5.41 Å². The molecule has 0 aliphatic carbocycles. The first-order valence-corrected chi connectivity index (χ1v) is 9.89. The zero-order chi connectivity index (χ0) is 22.6. The van der Waals surface area contributed by atoms with Crippen molar-refractivity contribution in [3.63, 3.8) is 0 Å². The second-order valence-corrected chi connectivity index (χ2v) is 8.66. The van der Waals surface area contributed by atoms with Gasteiger partial charge in [-0.25, -0.2) is 0 Å². The molecule has 0 saturated carbocycles. The first-order valence-electron chi connectivity index (χ1n) is 9.89. The standard InChI is InChI=1S/C23H22F3N3O2/c1-22(2)9-10-28(13-22)14-7-8-19(17(11-14)23(24,25)26)29-12-16(21(27)31)20(30)15-5-3-4-6-18(15)29/h3-8,11-12H,9-10,13H2,1-2H3,(H2,27,31). The normalized spacial score (nSPS) is 16.1. The first-order chi connectivity index (χ1) is 14.5. The Morgan fingerprint density at radius 2 is 1.84 bits per heavy atom. The molecule has 31 heavy (non-hydrogen) atoms. The number of amides is 1. The van der Waals surface area contributed by atoms with Crippen molar-refractivity contribution in [1.82, 2.24) is 4.57 Å². The van der Waals surface area contributed by atoms with Gasteiger partial charge in [0.25, 0.3) is 5.91 Å². The predicted molar refractivity (Wildman–Crippen MR) is 114 cm³/mol. The number of carbonyl (C=O) groups excluding carboxylic acids is 1. The third-order valence-corrected chi connectivity index (χ3v) is 5.76. The minimum absolute atomic E-state index is 0.0301. The van der Waals surface area contributed by atoms with Gasteiger partial charge in [0.15, 0.2) is 0 Å². The van der Waals surface area contributed by atoms with Crippen LogP contribution in [0.15, 0.2) is 53.5 Å². The van der Waals surface area contributed by atoms with E-state index in [0.29, 0.717) is 18.8 Å². The fraction of sp³-hybridized carbons (Fsp3) is 0.304. The smallest absolute Gasteiger partial charge is 0.371 e. The zero-order valence-corrected chi connectivity index (χ0v) is 17.2. The van der Waals surface area contributed by atoms with Gasteiger partial charge in [-0.3, -0.25) is 9.59 Å². The van der Waals surface area contributed by atoms with Gasteiger partial charge in [0.1, 0.15) is 5.56 Å². The van der Waals surface area contributed by atoms with Gasteiger partial charge in [-0.1, -0.05) is 26.0 Å². The van der Waals surface area contributed by atoms with E-state index >= 15 is 0 Å². The number of rotatable bonds is 3. The van der Waals surface area contributed by atoms with Crippen molar-refractivity contribution >= 4 is 22.5 Å². The molecule has 3 aromatic rings. The Morgan fingerprint density at radius 1 is 1.13 bits per heavy atom. The van der Waals surface area contributed by atoms with Crippen LogP contribution in [0.25, 0.3) is 16.6 Å². The Hall–Kier alpha value is -3.29. The molecule has 2 heterocycles. The average Bonchev–Trinajstić information content (AvgIpc) is 3.07. The topological polar surface area (TPSA) is 68.3 Å². The number of pyridine rings is 1. The van der Waals surface area contributed by atoms with E-state index in [0.717, 1.165) is 18.7 Å². The molecule has 162 valence electrons. The number of hydrogen-bond donors (Lipinski definition) is 1. The Morgan fingerprint density at radius 3 is 2.45 bits per heavy atom. The Kier molecular flexibility index (Phi) is 4.83. The molecule has 1 aliphatic heterocycles. The van der Waals surface area contributed by atoms with Crippen molar-refractivity contribution in [2.75, 3.05) is 18.0 Å². The number of aromatic nitrogens is 1. The summed E-state index contributed by atoms with van der Waals surface area (Å²) in [5.41, 5.74) is 4.12. The van der Waals surface area contributed by atoms with E-state index in [1.807, 2.05) is 4.90 Å². The summed E-state index contributed by atoms with van der Waals surface area (Å²) >= 11 is 0. The van der Waals surface area contributed by atoms with Crippen molar-refractivity contribution in [2.45, 2.75) is 26.4 Å². The van der Waals surface area contributed by atoms with Crippen LogP contribution in [0.4, 0.5) is 18.9 Å². The van der Waals surface area contributed by atoms with Crippen molar-refractivity contribution in [3.05, 3.63) is 70.0 Å².